The van der Waals surface area contributed by atoms with Crippen LogP contribution in [0.4, 0.5) is 11.4 Å². The van der Waals surface area contributed by atoms with Gasteiger partial charge in [0, 0.05) is 17.8 Å². The Labute approximate surface area is 98.3 Å². The van der Waals surface area contributed by atoms with Crippen molar-refractivity contribution in [3.05, 3.63) is 35.9 Å². The number of hydrogen-bond acceptors (Lipinski definition) is 4. The number of amides is 1. The summed E-state index contributed by atoms with van der Waals surface area (Å²) in [5.74, 6) is 0.483. The number of H-pyrrole nitrogens is 1. The molecule has 0 aliphatic carbocycles. The Kier molecular flexibility index (Phi) is 3.04. The lowest BCUT2D eigenvalue weighted by molar-refractivity contribution is 0.101. The van der Waals surface area contributed by atoms with Gasteiger partial charge < -0.3 is 11.1 Å². The summed E-state index contributed by atoms with van der Waals surface area (Å²) in [6, 6.07) is 6.87. The molecular formula is C11H13N5O. The summed E-state index contributed by atoms with van der Waals surface area (Å²) >= 11 is 0. The molecule has 2 aromatic rings. The van der Waals surface area contributed by atoms with E-state index in [1.165, 1.54) is 0 Å². The molecule has 88 valence electrons. The van der Waals surface area contributed by atoms with Crippen molar-refractivity contribution in [1.82, 2.24) is 15.2 Å². The Morgan fingerprint density at radius 1 is 1.41 bits per heavy atom. The maximum Gasteiger partial charge on any atom is 0.295 e. The second kappa shape index (κ2) is 4.65. The molecule has 1 amide bonds. The number of rotatable bonds is 3. The molecule has 1 aromatic carbocycles. The molecule has 0 aliphatic heterocycles. The van der Waals surface area contributed by atoms with E-state index < -0.39 is 0 Å². The van der Waals surface area contributed by atoms with Crippen LogP contribution in [0.15, 0.2) is 24.3 Å². The molecule has 1 heterocycles. The maximum absolute atomic E-state index is 11.7. The fourth-order valence-corrected chi connectivity index (χ4v) is 1.31. The summed E-state index contributed by atoms with van der Waals surface area (Å²) in [6.45, 7) is 1.93. The lowest BCUT2D eigenvalue weighted by Gasteiger charge is -2.02. The number of nitrogen functional groups attached to an aromatic ring is 1. The van der Waals surface area contributed by atoms with Gasteiger partial charge >= 0.3 is 0 Å². The number of aromatic amines is 1. The molecule has 1 aromatic heterocycles. The van der Waals surface area contributed by atoms with Crippen LogP contribution < -0.4 is 11.1 Å². The van der Waals surface area contributed by atoms with Crippen molar-refractivity contribution in [2.24, 2.45) is 0 Å². The summed E-state index contributed by atoms with van der Waals surface area (Å²) < 4.78 is 0. The van der Waals surface area contributed by atoms with Gasteiger partial charge in [-0.25, -0.2) is 4.98 Å². The first-order valence-electron chi connectivity index (χ1n) is 5.27. The third-order valence-electron chi connectivity index (χ3n) is 2.24. The molecule has 0 radical (unpaired) electrons. The highest BCUT2D eigenvalue weighted by atomic mass is 16.2. The lowest BCUT2D eigenvalue weighted by atomic mass is 10.3. The van der Waals surface area contributed by atoms with Crippen LogP contribution in [-0.4, -0.2) is 21.1 Å². The van der Waals surface area contributed by atoms with Gasteiger partial charge in [-0.3, -0.25) is 9.89 Å². The number of nitrogens with zero attached hydrogens (tertiary/aromatic N) is 2. The number of nitrogens with two attached hydrogens (primary N) is 1. The molecule has 2 rings (SSSR count). The monoisotopic (exact) mass is 231 g/mol. The Hall–Kier alpha value is -2.37. The van der Waals surface area contributed by atoms with Crippen molar-refractivity contribution in [3.63, 3.8) is 0 Å². The quantitative estimate of drug-likeness (QED) is 0.691. The topological polar surface area (TPSA) is 96.7 Å². The van der Waals surface area contributed by atoms with Gasteiger partial charge in [0.15, 0.2) is 0 Å². The van der Waals surface area contributed by atoms with Gasteiger partial charge in [0.25, 0.3) is 5.91 Å². The molecule has 0 saturated heterocycles. The number of benzene rings is 1. The molecule has 0 aliphatic rings. The van der Waals surface area contributed by atoms with Crippen LogP contribution in [0.25, 0.3) is 0 Å². The predicted molar refractivity (Wildman–Crippen MR) is 64.6 cm³/mol. The standard InChI is InChI=1S/C11H13N5O/c1-2-9-14-10(16-15-9)11(17)13-8-5-3-7(12)4-6-8/h3-6H,2,12H2,1H3,(H,13,17)(H,14,15,16). The van der Waals surface area contributed by atoms with Crippen LogP contribution in [0.5, 0.6) is 0 Å². The zero-order chi connectivity index (χ0) is 12.3. The van der Waals surface area contributed by atoms with E-state index in [2.05, 4.69) is 20.5 Å². The van der Waals surface area contributed by atoms with Crippen molar-refractivity contribution >= 4 is 17.3 Å². The zero-order valence-electron chi connectivity index (χ0n) is 9.40. The summed E-state index contributed by atoms with van der Waals surface area (Å²) in [5, 5.41) is 9.20. The highest BCUT2D eigenvalue weighted by molar-refractivity contribution is 6.01. The number of anilines is 2. The van der Waals surface area contributed by atoms with Crippen molar-refractivity contribution in [3.8, 4) is 0 Å². The van der Waals surface area contributed by atoms with Gasteiger partial charge in [-0.2, -0.15) is 0 Å². The van der Waals surface area contributed by atoms with Crippen LogP contribution in [0, 0.1) is 0 Å². The second-order valence-corrected chi connectivity index (χ2v) is 3.54. The Balaban J connectivity index is 2.08. The zero-order valence-corrected chi connectivity index (χ0v) is 9.40. The second-order valence-electron chi connectivity index (χ2n) is 3.54. The van der Waals surface area contributed by atoms with Crippen molar-refractivity contribution in [2.75, 3.05) is 11.1 Å². The third kappa shape index (κ3) is 2.60. The predicted octanol–water partition coefficient (Wildman–Crippen LogP) is 1.20. The molecule has 0 unspecified atom stereocenters. The van der Waals surface area contributed by atoms with E-state index in [9.17, 15) is 4.79 Å². The van der Waals surface area contributed by atoms with Gasteiger partial charge in [0.1, 0.15) is 5.82 Å². The number of aromatic nitrogens is 3. The Bertz CT molecular complexity index is 517. The van der Waals surface area contributed by atoms with Gasteiger partial charge in [0.05, 0.1) is 0 Å². The van der Waals surface area contributed by atoms with Gasteiger partial charge in [0.2, 0.25) is 5.82 Å². The molecule has 6 heteroatoms. The number of aryl methyl sites for hydroxylation is 1. The van der Waals surface area contributed by atoms with E-state index >= 15 is 0 Å². The number of nitrogens with one attached hydrogen (secondary N) is 2. The average Bonchev–Trinajstić information content (AvgIpc) is 2.81. The molecule has 0 atom stereocenters. The summed E-state index contributed by atoms with van der Waals surface area (Å²) in [6.07, 6.45) is 0.710. The van der Waals surface area contributed by atoms with Gasteiger partial charge in [-0.1, -0.05) is 6.92 Å². The normalized spacial score (nSPS) is 10.2. The van der Waals surface area contributed by atoms with Crippen LogP contribution in [-0.2, 0) is 6.42 Å². The highest BCUT2D eigenvalue weighted by Crippen LogP contribution is 2.11. The first kappa shape index (κ1) is 11.1. The van der Waals surface area contributed by atoms with E-state index in [0.717, 1.165) is 0 Å². The molecule has 17 heavy (non-hydrogen) atoms. The maximum atomic E-state index is 11.7. The summed E-state index contributed by atoms with van der Waals surface area (Å²) in [7, 11) is 0. The van der Waals surface area contributed by atoms with Crippen molar-refractivity contribution in [1.29, 1.82) is 0 Å². The fraction of sp³-hybridized carbons (Fsp3) is 0.182. The molecule has 0 saturated carbocycles. The van der Waals surface area contributed by atoms with E-state index in [1.807, 2.05) is 6.92 Å². The van der Waals surface area contributed by atoms with Crippen molar-refractivity contribution in [2.45, 2.75) is 13.3 Å². The summed E-state index contributed by atoms with van der Waals surface area (Å²) in [4.78, 5) is 15.8. The fourth-order valence-electron chi connectivity index (χ4n) is 1.31. The molecule has 4 N–H and O–H groups in total. The minimum atomic E-state index is -0.342. The van der Waals surface area contributed by atoms with Crippen LogP contribution in [0.2, 0.25) is 0 Å². The van der Waals surface area contributed by atoms with E-state index in [-0.39, 0.29) is 11.7 Å². The molecular weight excluding hydrogens is 218 g/mol. The largest absolute Gasteiger partial charge is 0.399 e. The van der Waals surface area contributed by atoms with E-state index in [1.54, 1.807) is 24.3 Å². The summed E-state index contributed by atoms with van der Waals surface area (Å²) in [5.41, 5.74) is 6.85. The molecule has 6 nitrogen and oxygen atoms in total. The minimum Gasteiger partial charge on any atom is -0.399 e. The van der Waals surface area contributed by atoms with Crippen LogP contribution >= 0.6 is 0 Å². The van der Waals surface area contributed by atoms with E-state index in [4.69, 9.17) is 5.73 Å². The SMILES string of the molecule is CCc1nc(C(=O)Nc2ccc(N)cc2)n[nH]1. The van der Waals surface area contributed by atoms with Crippen LogP contribution in [0.3, 0.4) is 0 Å². The number of carbonyl (C=O) groups is 1. The number of hydrogen-bond donors (Lipinski definition) is 3. The molecule has 0 spiro atoms. The first-order valence-corrected chi connectivity index (χ1v) is 5.27. The van der Waals surface area contributed by atoms with E-state index in [0.29, 0.717) is 23.6 Å². The lowest BCUT2D eigenvalue weighted by Crippen LogP contribution is -2.13. The average molecular weight is 231 g/mol. The van der Waals surface area contributed by atoms with Crippen LogP contribution in [0.1, 0.15) is 23.4 Å². The first-order chi connectivity index (χ1) is 8.19. The Morgan fingerprint density at radius 3 is 2.71 bits per heavy atom. The van der Waals surface area contributed by atoms with Gasteiger partial charge in [-0.05, 0) is 24.3 Å². The molecule has 0 bridgehead atoms. The van der Waals surface area contributed by atoms with Crippen molar-refractivity contribution < 1.29 is 4.79 Å². The minimum absolute atomic E-state index is 0.138. The number of carbonyl (C=O) groups excluding carboxylic acids is 1. The highest BCUT2D eigenvalue weighted by Gasteiger charge is 2.11. The molecule has 0 fully saturated rings. The Morgan fingerprint density at radius 2 is 2.12 bits per heavy atom. The smallest absolute Gasteiger partial charge is 0.295 e. The van der Waals surface area contributed by atoms with Gasteiger partial charge in [-0.15, -0.1) is 5.10 Å². The third-order valence-corrected chi connectivity index (χ3v) is 2.24.